The van der Waals surface area contributed by atoms with E-state index in [0.29, 0.717) is 17.9 Å². The maximum absolute atomic E-state index is 11.4. The molecule has 0 unspecified atom stereocenters. The van der Waals surface area contributed by atoms with Gasteiger partial charge in [-0.05, 0) is 19.1 Å². The number of methoxy groups -OCH3 is 1. The van der Waals surface area contributed by atoms with E-state index >= 15 is 0 Å². The smallest absolute Gasteiger partial charge is 0.339 e. The fourth-order valence-electron chi connectivity index (χ4n) is 1.66. The summed E-state index contributed by atoms with van der Waals surface area (Å²) in [6, 6.07) is 6.89. The molecule has 0 saturated carbocycles. The van der Waals surface area contributed by atoms with Gasteiger partial charge in [0.15, 0.2) is 0 Å². The zero-order valence-electron chi connectivity index (χ0n) is 10.9. The molecular weight excluding hydrogens is 244 g/mol. The van der Waals surface area contributed by atoms with Gasteiger partial charge in [0.25, 0.3) is 0 Å². The van der Waals surface area contributed by atoms with Crippen LogP contribution in [0.2, 0.25) is 0 Å². The molecule has 0 bridgehead atoms. The molecule has 4 heteroatoms. The molecular formula is C15H14O4. The monoisotopic (exact) mass is 258 g/mol. The van der Waals surface area contributed by atoms with E-state index in [2.05, 4.69) is 11.8 Å². The van der Waals surface area contributed by atoms with Crippen LogP contribution in [0, 0.1) is 18.8 Å². The van der Waals surface area contributed by atoms with Crippen molar-refractivity contribution in [3.8, 4) is 17.6 Å². The summed E-state index contributed by atoms with van der Waals surface area (Å²) >= 11 is 0. The van der Waals surface area contributed by atoms with Gasteiger partial charge in [0.1, 0.15) is 24.5 Å². The van der Waals surface area contributed by atoms with E-state index < -0.39 is 5.63 Å². The molecule has 0 aliphatic carbocycles. The minimum absolute atomic E-state index is 0.204. The molecule has 0 atom stereocenters. The highest BCUT2D eigenvalue weighted by atomic mass is 16.5. The molecule has 1 aromatic heterocycles. The third-order valence-corrected chi connectivity index (χ3v) is 2.50. The quantitative estimate of drug-likeness (QED) is 0.625. The van der Waals surface area contributed by atoms with Crippen molar-refractivity contribution in [3.05, 3.63) is 40.2 Å². The second-order valence-corrected chi connectivity index (χ2v) is 4.00. The van der Waals surface area contributed by atoms with Crippen LogP contribution in [0.3, 0.4) is 0 Å². The van der Waals surface area contributed by atoms with Crippen molar-refractivity contribution >= 4 is 11.0 Å². The van der Waals surface area contributed by atoms with Crippen LogP contribution >= 0.6 is 0 Å². The van der Waals surface area contributed by atoms with Crippen LogP contribution in [0.1, 0.15) is 5.56 Å². The van der Waals surface area contributed by atoms with Crippen LogP contribution in [-0.4, -0.2) is 20.3 Å². The van der Waals surface area contributed by atoms with E-state index in [-0.39, 0.29) is 6.61 Å². The largest absolute Gasteiger partial charge is 0.480 e. The lowest BCUT2D eigenvalue weighted by Crippen LogP contribution is -2.02. The molecule has 0 radical (unpaired) electrons. The molecule has 0 spiro atoms. The van der Waals surface area contributed by atoms with Gasteiger partial charge in [-0.2, -0.15) is 0 Å². The summed E-state index contributed by atoms with van der Waals surface area (Å²) in [7, 11) is 1.58. The third-order valence-electron chi connectivity index (χ3n) is 2.50. The lowest BCUT2D eigenvalue weighted by Gasteiger charge is -2.06. The molecule has 98 valence electrons. The average Bonchev–Trinajstić information content (AvgIpc) is 2.39. The Morgan fingerprint density at radius 1 is 1.21 bits per heavy atom. The number of aryl methyl sites for hydroxylation is 1. The summed E-state index contributed by atoms with van der Waals surface area (Å²) in [5, 5.41) is 0.771. The topological polar surface area (TPSA) is 48.7 Å². The highest BCUT2D eigenvalue weighted by Crippen LogP contribution is 2.24. The van der Waals surface area contributed by atoms with Gasteiger partial charge >= 0.3 is 5.63 Å². The van der Waals surface area contributed by atoms with Crippen molar-refractivity contribution in [2.75, 3.05) is 20.3 Å². The Kier molecular flexibility index (Phi) is 4.22. The van der Waals surface area contributed by atoms with E-state index in [4.69, 9.17) is 13.9 Å². The Labute approximate surface area is 110 Å². The van der Waals surface area contributed by atoms with Crippen LogP contribution in [-0.2, 0) is 4.74 Å². The standard InChI is InChI=1S/C15H14O4/c1-11-5-6-13-12(9-11)14(10-15(16)19-13)18-8-4-3-7-17-2/h5-6,9-10H,7-8H2,1-2H3. The average molecular weight is 258 g/mol. The van der Waals surface area contributed by atoms with Crippen molar-refractivity contribution in [1.29, 1.82) is 0 Å². The molecule has 19 heavy (non-hydrogen) atoms. The SMILES string of the molecule is COCC#CCOc1cc(=O)oc2ccc(C)cc12. The molecule has 0 aliphatic rings. The molecule has 1 aromatic carbocycles. The Morgan fingerprint density at radius 2 is 2.00 bits per heavy atom. The molecule has 0 N–H and O–H groups in total. The van der Waals surface area contributed by atoms with Crippen LogP contribution in [0.5, 0.6) is 5.75 Å². The Bertz CT molecular complexity index is 689. The Balaban J connectivity index is 2.29. The molecule has 2 aromatic rings. The first-order chi connectivity index (χ1) is 9.20. The molecule has 2 rings (SSSR count). The van der Waals surface area contributed by atoms with Crippen molar-refractivity contribution < 1.29 is 13.9 Å². The van der Waals surface area contributed by atoms with Gasteiger partial charge in [-0.25, -0.2) is 4.79 Å². The van der Waals surface area contributed by atoms with E-state index in [1.807, 2.05) is 19.1 Å². The zero-order chi connectivity index (χ0) is 13.7. The number of rotatable bonds is 3. The maximum atomic E-state index is 11.4. The van der Waals surface area contributed by atoms with Crippen molar-refractivity contribution in [2.24, 2.45) is 0 Å². The minimum atomic E-state index is -0.434. The van der Waals surface area contributed by atoms with Crippen LogP contribution < -0.4 is 10.4 Å². The normalized spacial score (nSPS) is 10.0. The van der Waals surface area contributed by atoms with Gasteiger partial charge in [-0.1, -0.05) is 23.5 Å². The Hall–Kier alpha value is -2.25. The predicted molar refractivity (Wildman–Crippen MR) is 72.4 cm³/mol. The first kappa shape index (κ1) is 13.2. The second kappa shape index (κ2) is 6.07. The summed E-state index contributed by atoms with van der Waals surface area (Å²) in [5.74, 6) is 6.07. The van der Waals surface area contributed by atoms with Crippen molar-refractivity contribution in [1.82, 2.24) is 0 Å². The highest BCUT2D eigenvalue weighted by molar-refractivity contribution is 5.83. The molecule has 0 fully saturated rings. The summed E-state index contributed by atoms with van der Waals surface area (Å²) in [4.78, 5) is 11.4. The van der Waals surface area contributed by atoms with Crippen molar-refractivity contribution in [3.63, 3.8) is 0 Å². The van der Waals surface area contributed by atoms with E-state index in [1.54, 1.807) is 13.2 Å². The second-order valence-electron chi connectivity index (χ2n) is 4.00. The first-order valence-electron chi connectivity index (χ1n) is 5.82. The van der Waals surface area contributed by atoms with E-state index in [1.165, 1.54) is 6.07 Å². The van der Waals surface area contributed by atoms with Crippen LogP contribution in [0.4, 0.5) is 0 Å². The lowest BCUT2D eigenvalue weighted by atomic mass is 10.1. The van der Waals surface area contributed by atoms with Gasteiger partial charge in [0.2, 0.25) is 0 Å². The molecule has 0 saturated heterocycles. The number of ether oxygens (including phenoxy) is 2. The maximum Gasteiger partial charge on any atom is 0.339 e. The molecule has 0 aliphatic heterocycles. The summed E-state index contributed by atoms with van der Waals surface area (Å²) in [6.07, 6.45) is 0. The summed E-state index contributed by atoms with van der Waals surface area (Å²) in [5.41, 5.74) is 1.14. The summed E-state index contributed by atoms with van der Waals surface area (Å²) in [6.45, 7) is 2.53. The molecule has 1 heterocycles. The lowest BCUT2D eigenvalue weighted by molar-refractivity contribution is 0.239. The van der Waals surface area contributed by atoms with Crippen molar-refractivity contribution in [2.45, 2.75) is 6.92 Å². The zero-order valence-corrected chi connectivity index (χ0v) is 10.9. The summed E-state index contributed by atoms with van der Waals surface area (Å²) < 4.78 is 15.4. The van der Waals surface area contributed by atoms with Gasteiger partial charge in [-0.3, -0.25) is 0 Å². The molecule has 4 nitrogen and oxygen atoms in total. The van der Waals surface area contributed by atoms with Gasteiger partial charge < -0.3 is 13.9 Å². The fraction of sp³-hybridized carbons (Fsp3) is 0.267. The minimum Gasteiger partial charge on any atom is -0.480 e. The van der Waals surface area contributed by atoms with Gasteiger partial charge in [0, 0.05) is 7.11 Å². The van der Waals surface area contributed by atoms with E-state index in [9.17, 15) is 4.79 Å². The predicted octanol–water partition coefficient (Wildman–Crippen LogP) is 2.13. The van der Waals surface area contributed by atoms with E-state index in [0.717, 1.165) is 10.9 Å². The molecule has 0 amide bonds. The third kappa shape index (κ3) is 3.36. The number of hydrogen-bond donors (Lipinski definition) is 0. The number of fused-ring (bicyclic) bond motifs is 1. The highest BCUT2D eigenvalue weighted by Gasteiger charge is 2.06. The van der Waals surface area contributed by atoms with Gasteiger partial charge in [0.05, 0.1) is 11.5 Å². The first-order valence-corrected chi connectivity index (χ1v) is 5.82. The fourth-order valence-corrected chi connectivity index (χ4v) is 1.66. The Morgan fingerprint density at radius 3 is 2.79 bits per heavy atom. The number of benzene rings is 1. The van der Waals surface area contributed by atoms with Gasteiger partial charge in [-0.15, -0.1) is 0 Å². The van der Waals surface area contributed by atoms with Crippen LogP contribution in [0.25, 0.3) is 11.0 Å². The number of hydrogen-bond acceptors (Lipinski definition) is 4. The van der Waals surface area contributed by atoms with Crippen LogP contribution in [0.15, 0.2) is 33.5 Å².